The van der Waals surface area contributed by atoms with E-state index in [0.717, 1.165) is 31.5 Å². The molecule has 1 aliphatic rings. The van der Waals surface area contributed by atoms with Gasteiger partial charge in [-0.15, -0.1) is 5.10 Å². The second-order valence-electron chi connectivity index (χ2n) is 5.55. The van der Waals surface area contributed by atoms with Crippen LogP contribution in [-0.2, 0) is 0 Å². The standard InChI is InChI=1S/C15H20N6O/c1-11(12-3-2-6-17-9-12)18-15(22)14-10-21(20-19-14)13-4-7-16-8-5-13/h2-3,6,9-11,13,16H,4-5,7-8H2,1H3,(H,18,22). The summed E-state index contributed by atoms with van der Waals surface area (Å²) in [5.41, 5.74) is 1.32. The van der Waals surface area contributed by atoms with Crippen LogP contribution >= 0.6 is 0 Å². The van der Waals surface area contributed by atoms with E-state index in [9.17, 15) is 4.79 Å². The lowest BCUT2D eigenvalue weighted by Crippen LogP contribution is -2.29. The van der Waals surface area contributed by atoms with Gasteiger partial charge in [-0.1, -0.05) is 11.3 Å². The summed E-state index contributed by atoms with van der Waals surface area (Å²) in [5.74, 6) is -0.212. The zero-order valence-corrected chi connectivity index (χ0v) is 12.6. The number of nitrogens with one attached hydrogen (secondary N) is 2. The monoisotopic (exact) mass is 300 g/mol. The van der Waals surface area contributed by atoms with Gasteiger partial charge in [-0.2, -0.15) is 0 Å². The molecular formula is C15H20N6O. The maximum atomic E-state index is 12.3. The van der Waals surface area contributed by atoms with E-state index in [1.165, 1.54) is 0 Å². The zero-order valence-electron chi connectivity index (χ0n) is 12.6. The number of amides is 1. The molecule has 2 N–H and O–H groups in total. The number of pyridine rings is 1. The fourth-order valence-electron chi connectivity index (χ4n) is 2.62. The molecule has 7 nitrogen and oxygen atoms in total. The van der Waals surface area contributed by atoms with Crippen molar-refractivity contribution >= 4 is 5.91 Å². The average Bonchev–Trinajstić information content (AvgIpc) is 3.06. The van der Waals surface area contributed by atoms with Crippen molar-refractivity contribution in [1.82, 2.24) is 30.6 Å². The third kappa shape index (κ3) is 3.30. The number of aromatic nitrogens is 4. The molecule has 0 saturated carbocycles. The lowest BCUT2D eigenvalue weighted by molar-refractivity contribution is 0.0934. The molecule has 3 rings (SSSR count). The highest BCUT2D eigenvalue weighted by atomic mass is 16.2. The van der Waals surface area contributed by atoms with Crippen molar-refractivity contribution in [2.24, 2.45) is 0 Å². The number of rotatable bonds is 4. The molecule has 7 heteroatoms. The summed E-state index contributed by atoms with van der Waals surface area (Å²) in [6, 6.07) is 3.99. The Kier molecular flexibility index (Phi) is 4.43. The van der Waals surface area contributed by atoms with Gasteiger partial charge in [0, 0.05) is 12.4 Å². The molecule has 1 atom stereocenters. The van der Waals surface area contributed by atoms with Crippen molar-refractivity contribution in [3.63, 3.8) is 0 Å². The van der Waals surface area contributed by atoms with Crippen molar-refractivity contribution in [1.29, 1.82) is 0 Å². The van der Waals surface area contributed by atoms with Crippen LogP contribution in [0.4, 0.5) is 0 Å². The molecule has 2 aromatic rings. The van der Waals surface area contributed by atoms with Crippen LogP contribution in [0, 0.1) is 0 Å². The van der Waals surface area contributed by atoms with Gasteiger partial charge in [-0.3, -0.25) is 9.78 Å². The van der Waals surface area contributed by atoms with Crippen LogP contribution in [0.5, 0.6) is 0 Å². The van der Waals surface area contributed by atoms with Gasteiger partial charge in [0.05, 0.1) is 18.3 Å². The summed E-state index contributed by atoms with van der Waals surface area (Å²) >= 11 is 0. The minimum absolute atomic E-state index is 0.120. The van der Waals surface area contributed by atoms with E-state index in [1.807, 2.05) is 23.7 Å². The van der Waals surface area contributed by atoms with Crippen molar-refractivity contribution in [3.8, 4) is 0 Å². The Hall–Kier alpha value is -2.28. The Morgan fingerprint density at radius 2 is 2.27 bits per heavy atom. The first-order valence-electron chi connectivity index (χ1n) is 7.57. The topological polar surface area (TPSA) is 84.7 Å². The Morgan fingerprint density at radius 1 is 1.45 bits per heavy atom. The maximum Gasteiger partial charge on any atom is 0.273 e. The van der Waals surface area contributed by atoms with Gasteiger partial charge >= 0.3 is 0 Å². The number of piperidine rings is 1. The van der Waals surface area contributed by atoms with E-state index in [-0.39, 0.29) is 11.9 Å². The molecule has 0 aliphatic carbocycles. The van der Waals surface area contributed by atoms with E-state index in [1.54, 1.807) is 18.6 Å². The molecule has 2 aromatic heterocycles. The van der Waals surface area contributed by atoms with E-state index in [2.05, 4.69) is 25.9 Å². The lowest BCUT2D eigenvalue weighted by atomic mass is 10.1. The van der Waals surface area contributed by atoms with Gasteiger partial charge < -0.3 is 10.6 Å². The predicted octanol–water partition coefficient (Wildman–Crippen LogP) is 1.09. The highest BCUT2D eigenvalue weighted by Gasteiger charge is 2.19. The predicted molar refractivity (Wildman–Crippen MR) is 81.3 cm³/mol. The Bertz CT molecular complexity index is 620. The van der Waals surface area contributed by atoms with E-state index in [0.29, 0.717) is 11.7 Å². The molecule has 0 spiro atoms. The molecule has 22 heavy (non-hydrogen) atoms. The molecule has 3 heterocycles. The second-order valence-corrected chi connectivity index (χ2v) is 5.55. The number of carbonyl (C=O) groups excluding carboxylic acids is 1. The van der Waals surface area contributed by atoms with E-state index in [4.69, 9.17) is 0 Å². The van der Waals surface area contributed by atoms with Crippen molar-refractivity contribution in [2.45, 2.75) is 31.8 Å². The second kappa shape index (κ2) is 6.65. The number of hydrogen-bond acceptors (Lipinski definition) is 5. The Balaban J connectivity index is 1.64. The molecule has 1 aliphatic heterocycles. The number of carbonyl (C=O) groups is 1. The molecule has 0 aromatic carbocycles. The van der Waals surface area contributed by atoms with Gasteiger partial charge in [0.25, 0.3) is 5.91 Å². The summed E-state index contributed by atoms with van der Waals surface area (Å²) < 4.78 is 1.81. The minimum atomic E-state index is -0.212. The summed E-state index contributed by atoms with van der Waals surface area (Å²) in [6.45, 7) is 3.88. The normalized spacial score (nSPS) is 17.1. The molecule has 1 unspecified atom stereocenters. The van der Waals surface area contributed by atoms with Gasteiger partial charge in [0.2, 0.25) is 0 Å². The van der Waals surface area contributed by atoms with Crippen molar-refractivity contribution in [2.75, 3.05) is 13.1 Å². The highest BCUT2D eigenvalue weighted by molar-refractivity contribution is 5.92. The summed E-state index contributed by atoms with van der Waals surface area (Å²) in [4.78, 5) is 16.3. The average molecular weight is 300 g/mol. The fourth-order valence-corrected chi connectivity index (χ4v) is 2.62. The lowest BCUT2D eigenvalue weighted by Gasteiger charge is -2.22. The smallest absolute Gasteiger partial charge is 0.273 e. The van der Waals surface area contributed by atoms with Crippen molar-refractivity contribution in [3.05, 3.63) is 42.0 Å². The minimum Gasteiger partial charge on any atom is -0.344 e. The highest BCUT2D eigenvalue weighted by Crippen LogP contribution is 2.17. The van der Waals surface area contributed by atoms with Crippen LogP contribution in [0.1, 0.15) is 47.9 Å². The SMILES string of the molecule is CC(NC(=O)c1cn(C2CCNCC2)nn1)c1cccnc1. The first-order chi connectivity index (χ1) is 10.7. The van der Waals surface area contributed by atoms with Gasteiger partial charge in [0.15, 0.2) is 5.69 Å². The maximum absolute atomic E-state index is 12.3. The zero-order chi connectivity index (χ0) is 15.4. The van der Waals surface area contributed by atoms with Crippen LogP contribution in [-0.4, -0.2) is 39.0 Å². The van der Waals surface area contributed by atoms with Gasteiger partial charge in [-0.05, 0) is 44.5 Å². The summed E-state index contributed by atoms with van der Waals surface area (Å²) in [7, 11) is 0. The van der Waals surface area contributed by atoms with Crippen LogP contribution in [0.15, 0.2) is 30.7 Å². The largest absolute Gasteiger partial charge is 0.344 e. The number of hydrogen-bond donors (Lipinski definition) is 2. The molecule has 116 valence electrons. The van der Waals surface area contributed by atoms with Crippen molar-refractivity contribution < 1.29 is 4.79 Å². The molecule has 0 bridgehead atoms. The molecule has 1 saturated heterocycles. The van der Waals surface area contributed by atoms with Crippen LogP contribution in [0.3, 0.4) is 0 Å². The molecule has 1 fully saturated rings. The van der Waals surface area contributed by atoms with Gasteiger partial charge in [0.1, 0.15) is 0 Å². The summed E-state index contributed by atoms with van der Waals surface area (Å²) in [5, 5.41) is 14.3. The van der Waals surface area contributed by atoms with E-state index < -0.39 is 0 Å². The quantitative estimate of drug-likeness (QED) is 0.883. The third-order valence-corrected chi connectivity index (χ3v) is 3.96. The molecule has 1 amide bonds. The first kappa shape index (κ1) is 14.6. The van der Waals surface area contributed by atoms with Crippen LogP contribution in [0.2, 0.25) is 0 Å². The van der Waals surface area contributed by atoms with E-state index >= 15 is 0 Å². The molecule has 0 radical (unpaired) electrons. The van der Waals surface area contributed by atoms with Gasteiger partial charge in [-0.25, -0.2) is 4.68 Å². The Morgan fingerprint density at radius 3 is 3.00 bits per heavy atom. The van der Waals surface area contributed by atoms with Crippen LogP contribution < -0.4 is 10.6 Å². The first-order valence-corrected chi connectivity index (χ1v) is 7.57. The Labute approximate surface area is 129 Å². The number of nitrogens with zero attached hydrogens (tertiary/aromatic N) is 4. The molecular weight excluding hydrogens is 280 g/mol. The van der Waals surface area contributed by atoms with Crippen LogP contribution in [0.25, 0.3) is 0 Å². The third-order valence-electron chi connectivity index (χ3n) is 3.96. The fraction of sp³-hybridized carbons (Fsp3) is 0.467. The summed E-state index contributed by atoms with van der Waals surface area (Å²) in [6.07, 6.45) is 7.22.